The molecule has 7 heteroatoms. The number of amides is 2. The number of rotatable bonds is 4. The van der Waals surface area contributed by atoms with Crippen molar-refractivity contribution in [3.05, 3.63) is 83.7 Å². The highest BCUT2D eigenvalue weighted by Crippen LogP contribution is 2.35. The topological polar surface area (TPSA) is 96.8 Å². The molecule has 0 spiro atoms. The molecule has 3 heterocycles. The molecular weight excluding hydrogens is 388 g/mol. The van der Waals surface area contributed by atoms with Crippen molar-refractivity contribution in [2.45, 2.75) is 13.0 Å². The Bertz CT molecular complexity index is 1320. The predicted octanol–water partition coefficient (Wildman–Crippen LogP) is 4.64. The van der Waals surface area contributed by atoms with Crippen LogP contribution in [0.2, 0.25) is 0 Å². The van der Waals surface area contributed by atoms with Gasteiger partial charge in [-0.15, -0.1) is 0 Å². The zero-order chi connectivity index (χ0) is 21.2. The van der Waals surface area contributed by atoms with E-state index in [0.717, 1.165) is 47.5 Å². The summed E-state index contributed by atoms with van der Waals surface area (Å²) in [4.78, 5) is 22.5. The van der Waals surface area contributed by atoms with Crippen molar-refractivity contribution in [3.63, 3.8) is 0 Å². The maximum Gasteiger partial charge on any atom is 0.323 e. The smallest absolute Gasteiger partial charge is 0.323 e. The molecule has 4 aromatic rings. The van der Waals surface area contributed by atoms with Gasteiger partial charge in [0.05, 0.1) is 11.3 Å². The number of anilines is 3. The lowest BCUT2D eigenvalue weighted by molar-refractivity contribution is 0.262. The summed E-state index contributed by atoms with van der Waals surface area (Å²) in [5.74, 6) is 0. The molecule has 0 fully saturated rings. The van der Waals surface area contributed by atoms with Crippen molar-refractivity contribution in [2.75, 3.05) is 22.1 Å². The van der Waals surface area contributed by atoms with Gasteiger partial charge >= 0.3 is 6.03 Å². The fourth-order valence-corrected chi connectivity index (χ4v) is 4.10. The van der Waals surface area contributed by atoms with Gasteiger partial charge in [-0.1, -0.05) is 18.2 Å². The van der Waals surface area contributed by atoms with Gasteiger partial charge < -0.3 is 20.5 Å². The van der Waals surface area contributed by atoms with E-state index in [1.807, 2.05) is 24.4 Å². The lowest BCUT2D eigenvalue weighted by Gasteiger charge is -2.19. The largest absolute Gasteiger partial charge is 0.367 e. The van der Waals surface area contributed by atoms with E-state index in [0.29, 0.717) is 11.3 Å². The molecule has 0 aliphatic carbocycles. The highest BCUT2D eigenvalue weighted by molar-refractivity contribution is 6.01. The molecule has 0 saturated carbocycles. The van der Waals surface area contributed by atoms with E-state index in [1.165, 1.54) is 5.56 Å². The maximum absolute atomic E-state index is 12.6. The molecule has 7 nitrogen and oxygen atoms in total. The molecule has 1 aliphatic rings. The highest BCUT2D eigenvalue weighted by Gasteiger charge is 2.23. The van der Waals surface area contributed by atoms with Gasteiger partial charge in [-0.25, -0.2) is 9.78 Å². The summed E-state index contributed by atoms with van der Waals surface area (Å²) in [7, 11) is 0. The van der Waals surface area contributed by atoms with Crippen molar-refractivity contribution in [2.24, 2.45) is 0 Å². The van der Waals surface area contributed by atoms with Crippen LogP contribution in [0.3, 0.4) is 0 Å². The number of benzene rings is 2. The first-order valence-electron chi connectivity index (χ1n) is 10.1. The molecule has 0 saturated heterocycles. The van der Waals surface area contributed by atoms with Crippen LogP contribution in [0.5, 0.6) is 0 Å². The molecule has 0 unspecified atom stereocenters. The zero-order valence-electron chi connectivity index (χ0n) is 16.7. The average Bonchev–Trinajstić information content (AvgIpc) is 3.40. The molecule has 1 aliphatic heterocycles. The van der Waals surface area contributed by atoms with Gasteiger partial charge in [0.25, 0.3) is 0 Å². The quantitative estimate of drug-likeness (QED) is 0.458. The Morgan fingerprint density at radius 1 is 1.10 bits per heavy atom. The first kappa shape index (κ1) is 18.7. The molecule has 5 rings (SSSR count). The van der Waals surface area contributed by atoms with Crippen molar-refractivity contribution in [1.29, 1.82) is 5.26 Å². The number of carbonyl (C=O) groups excluding carboxylic acids is 1. The summed E-state index contributed by atoms with van der Waals surface area (Å²) in [6.45, 7) is 1.64. The second-order valence-corrected chi connectivity index (χ2v) is 7.42. The van der Waals surface area contributed by atoms with E-state index in [4.69, 9.17) is 0 Å². The lowest BCUT2D eigenvalue weighted by atomic mass is 10.1. The number of hydrogen-bond acceptors (Lipinski definition) is 4. The van der Waals surface area contributed by atoms with Gasteiger partial charge in [0.1, 0.15) is 11.7 Å². The van der Waals surface area contributed by atoms with E-state index in [9.17, 15) is 10.1 Å². The standard InChI is InChI=1S/C24H20N6O/c25-13-16-5-1-2-7-20(16)28-24(31)29-21-8-3-9-22-19(21)10-12-30(22)15-17-14-27-23-18(17)6-4-11-26-23/h1-9,11,14H,10,12,15H2,(H,26,27)(H2,28,29,31). The number of para-hydroxylation sites is 1. The lowest BCUT2D eigenvalue weighted by Crippen LogP contribution is -2.21. The SMILES string of the molecule is N#Cc1ccccc1NC(=O)Nc1cccc2c1CCN2Cc1c[nH]c2ncccc12. The minimum atomic E-state index is -0.364. The molecule has 152 valence electrons. The van der Waals surface area contributed by atoms with Crippen molar-refractivity contribution < 1.29 is 4.79 Å². The van der Waals surface area contributed by atoms with Crippen molar-refractivity contribution in [1.82, 2.24) is 9.97 Å². The van der Waals surface area contributed by atoms with Crippen LogP contribution in [0.25, 0.3) is 11.0 Å². The van der Waals surface area contributed by atoms with E-state index >= 15 is 0 Å². The molecule has 2 aromatic carbocycles. The number of H-pyrrole nitrogens is 1. The minimum Gasteiger partial charge on any atom is -0.367 e. The summed E-state index contributed by atoms with van der Waals surface area (Å²) in [6.07, 6.45) is 4.64. The molecule has 31 heavy (non-hydrogen) atoms. The number of hydrogen-bond donors (Lipinski definition) is 3. The molecule has 0 atom stereocenters. The summed E-state index contributed by atoms with van der Waals surface area (Å²) in [5.41, 5.74) is 6.02. The van der Waals surface area contributed by atoms with Gasteiger partial charge in [-0.05, 0) is 48.4 Å². The summed E-state index contributed by atoms with van der Waals surface area (Å²) >= 11 is 0. The molecular formula is C24H20N6O. The summed E-state index contributed by atoms with van der Waals surface area (Å²) < 4.78 is 0. The summed E-state index contributed by atoms with van der Waals surface area (Å²) in [6, 6.07) is 18.6. The molecule has 0 radical (unpaired) electrons. The average molecular weight is 408 g/mol. The molecule has 2 amide bonds. The van der Waals surface area contributed by atoms with E-state index in [1.54, 1.807) is 30.5 Å². The van der Waals surface area contributed by atoms with Crippen LogP contribution in [0.4, 0.5) is 21.9 Å². The van der Waals surface area contributed by atoms with Crippen LogP contribution in [0.1, 0.15) is 16.7 Å². The highest BCUT2D eigenvalue weighted by atomic mass is 16.2. The number of carbonyl (C=O) groups is 1. The second kappa shape index (κ2) is 7.84. The number of aromatic nitrogens is 2. The minimum absolute atomic E-state index is 0.364. The summed E-state index contributed by atoms with van der Waals surface area (Å²) in [5, 5.41) is 16.1. The van der Waals surface area contributed by atoms with Crippen LogP contribution >= 0.6 is 0 Å². The number of nitrogens with zero attached hydrogens (tertiary/aromatic N) is 3. The van der Waals surface area contributed by atoms with Gasteiger partial charge in [-0.3, -0.25) is 0 Å². The Labute approximate surface area is 179 Å². The van der Waals surface area contributed by atoms with Crippen LogP contribution in [-0.4, -0.2) is 22.5 Å². The molecule has 2 aromatic heterocycles. The normalized spacial score (nSPS) is 12.4. The predicted molar refractivity (Wildman–Crippen MR) is 121 cm³/mol. The first-order chi connectivity index (χ1) is 15.2. The maximum atomic E-state index is 12.6. The third kappa shape index (κ3) is 3.55. The number of pyridine rings is 1. The third-order valence-electron chi connectivity index (χ3n) is 5.57. The van der Waals surface area contributed by atoms with Crippen LogP contribution < -0.4 is 15.5 Å². The van der Waals surface area contributed by atoms with Crippen LogP contribution in [0, 0.1) is 11.3 Å². The van der Waals surface area contributed by atoms with E-state index < -0.39 is 0 Å². The number of nitriles is 1. The second-order valence-electron chi connectivity index (χ2n) is 7.42. The Morgan fingerprint density at radius 3 is 2.84 bits per heavy atom. The number of fused-ring (bicyclic) bond motifs is 2. The van der Waals surface area contributed by atoms with Crippen molar-refractivity contribution in [3.8, 4) is 6.07 Å². The van der Waals surface area contributed by atoms with E-state index in [2.05, 4.69) is 43.7 Å². The monoisotopic (exact) mass is 408 g/mol. The van der Waals surface area contributed by atoms with Gasteiger partial charge in [0.15, 0.2) is 0 Å². The van der Waals surface area contributed by atoms with E-state index in [-0.39, 0.29) is 6.03 Å². The van der Waals surface area contributed by atoms with Gasteiger partial charge in [0, 0.05) is 47.8 Å². The Morgan fingerprint density at radius 2 is 1.94 bits per heavy atom. The fourth-order valence-electron chi connectivity index (χ4n) is 4.10. The van der Waals surface area contributed by atoms with Crippen molar-refractivity contribution >= 4 is 34.1 Å². The Balaban J connectivity index is 1.34. The Kier molecular flexibility index (Phi) is 4.73. The number of aromatic amines is 1. The molecule has 3 N–H and O–H groups in total. The molecule has 0 bridgehead atoms. The van der Waals surface area contributed by atoms with Crippen LogP contribution in [0.15, 0.2) is 67.0 Å². The fraction of sp³-hybridized carbons (Fsp3) is 0.125. The first-order valence-corrected chi connectivity index (χ1v) is 10.1. The number of urea groups is 1. The third-order valence-corrected chi connectivity index (χ3v) is 5.57. The van der Waals surface area contributed by atoms with Gasteiger partial charge in [0.2, 0.25) is 0 Å². The zero-order valence-corrected chi connectivity index (χ0v) is 16.7. The Hall–Kier alpha value is -4.31. The number of nitrogens with one attached hydrogen (secondary N) is 3. The van der Waals surface area contributed by atoms with Gasteiger partial charge in [-0.2, -0.15) is 5.26 Å². The van der Waals surface area contributed by atoms with Crippen LogP contribution in [-0.2, 0) is 13.0 Å².